The van der Waals surface area contributed by atoms with Gasteiger partial charge in [0.2, 0.25) is 0 Å². The molecule has 5 heteroatoms. The van der Waals surface area contributed by atoms with Crippen molar-refractivity contribution in [2.24, 2.45) is 0 Å². The maximum absolute atomic E-state index is 5.22. The highest BCUT2D eigenvalue weighted by atomic mass is 28.3. The maximum atomic E-state index is 5.22. The number of nitrogens with zero attached hydrogens (tertiary/aromatic N) is 1. The Morgan fingerprint density at radius 3 is 1.10 bits per heavy atom. The fourth-order valence-corrected chi connectivity index (χ4v) is 2.94. The second-order valence-electron chi connectivity index (χ2n) is 4.50. The van der Waals surface area contributed by atoms with Gasteiger partial charge in [-0.2, -0.15) is 0 Å². The van der Waals surface area contributed by atoms with Crippen molar-refractivity contribution in [2.45, 2.75) is 60.8 Å². The van der Waals surface area contributed by atoms with E-state index >= 15 is 0 Å². The molecule has 0 rings (SSSR count). The van der Waals surface area contributed by atoms with Gasteiger partial charge in [0.25, 0.3) is 0 Å². The second-order valence-corrected chi connectivity index (χ2v) is 6.07. The Hall–Kier alpha value is 0.0569. The molecule has 0 aromatic heterocycles. The fraction of sp³-hybridized carbons (Fsp3) is 1.00. The van der Waals surface area contributed by atoms with Gasteiger partial charge in [-0.1, -0.05) is 20.8 Å². The first-order valence-corrected chi connectivity index (χ1v) is 9.68. The average molecular weight is 308 g/mol. The van der Waals surface area contributed by atoms with E-state index in [2.05, 4.69) is 25.7 Å². The van der Waals surface area contributed by atoms with Crippen molar-refractivity contribution in [1.82, 2.24) is 4.90 Å². The van der Waals surface area contributed by atoms with Crippen LogP contribution in [0.15, 0.2) is 0 Å². The summed E-state index contributed by atoms with van der Waals surface area (Å²) in [6.45, 7) is 18.4. The third kappa shape index (κ3) is 16.1. The lowest BCUT2D eigenvalue weighted by molar-refractivity contribution is 0.107. The minimum Gasteiger partial charge on any atom is -0.376 e. The molecule has 0 aliphatic rings. The van der Waals surface area contributed by atoms with E-state index < -0.39 is 9.53 Å². The first kappa shape index (κ1) is 22.3. The largest absolute Gasteiger partial charge is 0.484 e. The molecule has 0 fully saturated rings. The van der Waals surface area contributed by atoms with Crippen molar-refractivity contribution < 1.29 is 13.3 Å². The van der Waals surface area contributed by atoms with Crippen molar-refractivity contribution >= 4 is 9.53 Å². The predicted octanol–water partition coefficient (Wildman–Crippen LogP) is 3.33. The van der Waals surface area contributed by atoms with Gasteiger partial charge in [-0.3, -0.25) is 0 Å². The van der Waals surface area contributed by atoms with E-state index in [-0.39, 0.29) is 0 Å². The van der Waals surface area contributed by atoms with Gasteiger partial charge in [-0.05, 0) is 59.7 Å². The molecule has 0 unspecified atom stereocenters. The van der Waals surface area contributed by atoms with Crippen LogP contribution in [0.25, 0.3) is 0 Å². The molecule has 4 nitrogen and oxygen atoms in total. The summed E-state index contributed by atoms with van der Waals surface area (Å²) in [5, 5.41) is 0. The van der Waals surface area contributed by atoms with Gasteiger partial charge in [0.15, 0.2) is 0 Å². The van der Waals surface area contributed by atoms with Gasteiger partial charge in [0.05, 0.1) is 0 Å². The molecule has 0 saturated heterocycles. The minimum atomic E-state index is -1.73. The van der Waals surface area contributed by atoms with Crippen molar-refractivity contribution in [3.05, 3.63) is 0 Å². The Labute approximate surface area is 128 Å². The molecule has 0 heterocycles. The Balaban J connectivity index is 0. The van der Waals surface area contributed by atoms with Crippen LogP contribution in [0.1, 0.15) is 60.8 Å². The summed E-state index contributed by atoms with van der Waals surface area (Å²) in [7, 11) is -1.73. The lowest BCUT2D eigenvalue weighted by atomic mass is 10.3. The standard InChI is InChI=1S/C9H21N.C6H16O3Si/c2*1-4-7-10(8-5-2)9-6-3/h4-9H2,1-3H3;10H,4-6H2,1-3H3. The van der Waals surface area contributed by atoms with E-state index in [0.29, 0.717) is 19.8 Å². The molecule has 20 heavy (non-hydrogen) atoms. The van der Waals surface area contributed by atoms with Gasteiger partial charge < -0.3 is 18.2 Å². The number of rotatable bonds is 12. The average Bonchev–Trinajstić information content (AvgIpc) is 2.41. The molecule has 0 aromatic carbocycles. The van der Waals surface area contributed by atoms with E-state index in [4.69, 9.17) is 13.3 Å². The minimum absolute atomic E-state index is 0.677. The molecule has 124 valence electrons. The van der Waals surface area contributed by atoms with Crippen LogP contribution in [0.3, 0.4) is 0 Å². The second kappa shape index (κ2) is 19.1. The zero-order chi connectivity index (χ0) is 15.6. The highest BCUT2D eigenvalue weighted by Crippen LogP contribution is 1.94. The summed E-state index contributed by atoms with van der Waals surface area (Å²) in [5.41, 5.74) is 0. The highest BCUT2D eigenvalue weighted by Gasteiger charge is 2.11. The van der Waals surface area contributed by atoms with Crippen LogP contribution < -0.4 is 0 Å². The summed E-state index contributed by atoms with van der Waals surface area (Å²) in [5.74, 6) is 0. The zero-order valence-corrected chi connectivity index (χ0v) is 15.8. The summed E-state index contributed by atoms with van der Waals surface area (Å²) >= 11 is 0. The zero-order valence-electron chi connectivity index (χ0n) is 14.6. The molecule has 0 amide bonds. The molecule has 0 radical (unpaired) electrons. The Kier molecular flexibility index (Phi) is 21.3. The molecular formula is C15H37NO3Si. The summed E-state index contributed by atoms with van der Waals surface area (Å²) in [6.07, 6.45) is 3.88. The van der Waals surface area contributed by atoms with E-state index in [9.17, 15) is 0 Å². The van der Waals surface area contributed by atoms with E-state index in [1.807, 2.05) is 20.8 Å². The van der Waals surface area contributed by atoms with Crippen LogP contribution in [0, 0.1) is 0 Å². The maximum Gasteiger partial charge on any atom is 0.484 e. The first-order chi connectivity index (χ1) is 9.69. The molecule has 0 bridgehead atoms. The van der Waals surface area contributed by atoms with E-state index in [0.717, 1.165) is 0 Å². The lowest BCUT2D eigenvalue weighted by Gasteiger charge is -2.19. The normalized spacial score (nSPS) is 10.8. The van der Waals surface area contributed by atoms with Crippen molar-refractivity contribution in [3.8, 4) is 0 Å². The molecule has 0 aromatic rings. The van der Waals surface area contributed by atoms with Gasteiger partial charge in [0.1, 0.15) is 0 Å². The van der Waals surface area contributed by atoms with Crippen LogP contribution in [0.5, 0.6) is 0 Å². The molecule has 0 aliphatic carbocycles. The van der Waals surface area contributed by atoms with Crippen LogP contribution in [0.4, 0.5) is 0 Å². The van der Waals surface area contributed by atoms with Crippen LogP contribution in [-0.4, -0.2) is 53.9 Å². The van der Waals surface area contributed by atoms with Crippen LogP contribution in [0.2, 0.25) is 0 Å². The molecule has 0 spiro atoms. The Morgan fingerprint density at radius 2 is 0.900 bits per heavy atom. The SMILES string of the molecule is CCCN(CCC)CCC.CCO[SiH](OCC)OCC. The first-order valence-electron chi connectivity index (χ1n) is 8.26. The predicted molar refractivity (Wildman–Crippen MR) is 89.3 cm³/mol. The topological polar surface area (TPSA) is 30.9 Å². The smallest absolute Gasteiger partial charge is 0.376 e. The quantitative estimate of drug-likeness (QED) is 0.518. The molecule has 0 aliphatic heterocycles. The third-order valence-corrected chi connectivity index (χ3v) is 4.34. The Morgan fingerprint density at radius 1 is 0.600 bits per heavy atom. The van der Waals surface area contributed by atoms with Crippen molar-refractivity contribution in [1.29, 1.82) is 0 Å². The number of hydrogen-bond acceptors (Lipinski definition) is 4. The van der Waals surface area contributed by atoms with E-state index in [1.54, 1.807) is 0 Å². The molecule has 0 atom stereocenters. The van der Waals surface area contributed by atoms with Crippen LogP contribution in [-0.2, 0) is 13.3 Å². The Bertz CT molecular complexity index is 127. The van der Waals surface area contributed by atoms with Gasteiger partial charge in [-0.25, -0.2) is 0 Å². The van der Waals surface area contributed by atoms with E-state index in [1.165, 1.54) is 38.9 Å². The number of hydrogen-bond donors (Lipinski definition) is 0. The molecule has 0 N–H and O–H groups in total. The fourth-order valence-electron chi connectivity index (χ4n) is 1.84. The van der Waals surface area contributed by atoms with Gasteiger partial charge in [0, 0.05) is 19.8 Å². The molecular weight excluding hydrogens is 270 g/mol. The van der Waals surface area contributed by atoms with Gasteiger partial charge in [-0.15, -0.1) is 0 Å². The lowest BCUT2D eigenvalue weighted by Crippen LogP contribution is -2.27. The van der Waals surface area contributed by atoms with Crippen molar-refractivity contribution in [2.75, 3.05) is 39.5 Å². The van der Waals surface area contributed by atoms with Crippen molar-refractivity contribution in [3.63, 3.8) is 0 Å². The monoisotopic (exact) mass is 307 g/mol. The molecule has 0 saturated carbocycles. The van der Waals surface area contributed by atoms with Crippen LogP contribution >= 0.6 is 0 Å². The highest BCUT2D eigenvalue weighted by molar-refractivity contribution is 6.36. The third-order valence-electron chi connectivity index (χ3n) is 2.53. The summed E-state index contributed by atoms with van der Waals surface area (Å²) < 4.78 is 15.7. The van der Waals surface area contributed by atoms with Gasteiger partial charge >= 0.3 is 9.53 Å². The summed E-state index contributed by atoms with van der Waals surface area (Å²) in [4.78, 5) is 2.54. The summed E-state index contributed by atoms with van der Waals surface area (Å²) in [6, 6.07) is 0.